The molecule has 0 aliphatic carbocycles. The standard InChI is InChI=1S/C16H21N3O3/c1-12(2)14-5-7-15(8-6-14)18-16(20)22-19-9-3-4-13(11-19)10-17-21/h4-8,10,12,21H,3,9,11H2,1-2H3,(H,18,20). The summed E-state index contributed by atoms with van der Waals surface area (Å²) in [6, 6.07) is 7.69. The van der Waals surface area contributed by atoms with Crippen molar-refractivity contribution in [3.8, 4) is 0 Å². The van der Waals surface area contributed by atoms with Crippen LogP contribution in [0.1, 0.15) is 31.7 Å². The first-order valence-electron chi connectivity index (χ1n) is 7.29. The molecule has 118 valence electrons. The van der Waals surface area contributed by atoms with E-state index in [4.69, 9.17) is 10.0 Å². The van der Waals surface area contributed by atoms with Crippen LogP contribution in [0, 0.1) is 0 Å². The Morgan fingerprint density at radius 1 is 1.41 bits per heavy atom. The first-order valence-corrected chi connectivity index (χ1v) is 7.29. The quantitative estimate of drug-likeness (QED) is 0.508. The van der Waals surface area contributed by atoms with Crippen molar-refractivity contribution in [2.75, 3.05) is 18.4 Å². The van der Waals surface area contributed by atoms with Gasteiger partial charge in [0.25, 0.3) is 0 Å². The van der Waals surface area contributed by atoms with Gasteiger partial charge in [-0.15, -0.1) is 5.06 Å². The maximum absolute atomic E-state index is 11.9. The molecule has 6 heteroatoms. The van der Waals surface area contributed by atoms with E-state index >= 15 is 0 Å². The Balaban J connectivity index is 1.86. The number of rotatable bonds is 4. The Hall–Kier alpha value is -2.34. The predicted octanol–water partition coefficient (Wildman–Crippen LogP) is 3.37. The molecule has 0 saturated carbocycles. The van der Waals surface area contributed by atoms with Crippen molar-refractivity contribution in [2.24, 2.45) is 5.16 Å². The molecule has 0 aromatic heterocycles. The maximum atomic E-state index is 11.9. The first-order chi connectivity index (χ1) is 10.6. The van der Waals surface area contributed by atoms with Gasteiger partial charge in [0.05, 0.1) is 12.8 Å². The van der Waals surface area contributed by atoms with E-state index in [1.807, 2.05) is 30.3 Å². The third-order valence-electron chi connectivity index (χ3n) is 3.40. The number of hydroxylamine groups is 2. The van der Waals surface area contributed by atoms with Gasteiger partial charge < -0.3 is 10.0 Å². The van der Waals surface area contributed by atoms with Crippen molar-refractivity contribution in [3.05, 3.63) is 41.5 Å². The van der Waals surface area contributed by atoms with E-state index in [9.17, 15) is 4.79 Å². The molecule has 1 heterocycles. The number of carbonyl (C=O) groups is 1. The average molecular weight is 303 g/mol. The number of nitrogens with one attached hydrogen (secondary N) is 1. The molecule has 0 saturated heterocycles. The molecule has 0 bridgehead atoms. The van der Waals surface area contributed by atoms with Gasteiger partial charge in [-0.3, -0.25) is 5.32 Å². The van der Waals surface area contributed by atoms with Crippen LogP contribution >= 0.6 is 0 Å². The van der Waals surface area contributed by atoms with Gasteiger partial charge in [-0.25, -0.2) is 4.79 Å². The summed E-state index contributed by atoms with van der Waals surface area (Å²) >= 11 is 0. The van der Waals surface area contributed by atoms with Gasteiger partial charge >= 0.3 is 6.09 Å². The van der Waals surface area contributed by atoms with Crippen molar-refractivity contribution in [2.45, 2.75) is 26.2 Å². The second-order valence-electron chi connectivity index (χ2n) is 5.46. The van der Waals surface area contributed by atoms with Gasteiger partial charge in [0.2, 0.25) is 0 Å². The first kappa shape index (κ1) is 16.0. The molecule has 0 fully saturated rings. The van der Waals surface area contributed by atoms with Crippen molar-refractivity contribution in [1.82, 2.24) is 5.06 Å². The molecule has 1 amide bonds. The minimum Gasteiger partial charge on any atom is -0.411 e. The number of hydrogen-bond donors (Lipinski definition) is 2. The van der Waals surface area contributed by atoms with E-state index in [0.29, 0.717) is 24.7 Å². The summed E-state index contributed by atoms with van der Waals surface area (Å²) in [6.07, 6.45) is 3.50. The molecule has 0 unspecified atom stereocenters. The van der Waals surface area contributed by atoms with E-state index in [1.165, 1.54) is 16.8 Å². The number of amides is 1. The Labute approximate surface area is 130 Å². The summed E-state index contributed by atoms with van der Waals surface area (Å²) in [5, 5.41) is 15.8. The van der Waals surface area contributed by atoms with Crippen molar-refractivity contribution in [1.29, 1.82) is 0 Å². The lowest BCUT2D eigenvalue weighted by atomic mass is 10.0. The predicted molar refractivity (Wildman–Crippen MR) is 85.2 cm³/mol. The molecule has 6 nitrogen and oxygen atoms in total. The monoisotopic (exact) mass is 303 g/mol. The summed E-state index contributed by atoms with van der Waals surface area (Å²) in [7, 11) is 0. The maximum Gasteiger partial charge on any atom is 0.430 e. The largest absolute Gasteiger partial charge is 0.430 e. The highest BCUT2D eigenvalue weighted by molar-refractivity contribution is 5.84. The zero-order chi connectivity index (χ0) is 15.9. The van der Waals surface area contributed by atoms with Gasteiger partial charge in [0.15, 0.2) is 0 Å². The molecule has 22 heavy (non-hydrogen) atoms. The van der Waals surface area contributed by atoms with E-state index in [2.05, 4.69) is 24.3 Å². The van der Waals surface area contributed by atoms with Gasteiger partial charge in [0, 0.05) is 12.2 Å². The number of benzene rings is 1. The molecule has 2 N–H and O–H groups in total. The van der Waals surface area contributed by atoms with Gasteiger partial charge in [-0.2, -0.15) is 0 Å². The second-order valence-corrected chi connectivity index (χ2v) is 5.46. The molecule has 1 aliphatic heterocycles. The fraction of sp³-hybridized carbons (Fsp3) is 0.375. The van der Waals surface area contributed by atoms with Gasteiger partial charge in [0.1, 0.15) is 0 Å². The highest BCUT2D eigenvalue weighted by Gasteiger charge is 2.16. The van der Waals surface area contributed by atoms with Gasteiger partial charge in [-0.1, -0.05) is 37.2 Å². The molecule has 2 rings (SSSR count). The van der Waals surface area contributed by atoms with E-state index in [0.717, 1.165) is 12.0 Å². The zero-order valence-electron chi connectivity index (χ0n) is 12.8. The molecular formula is C16H21N3O3. The molecule has 1 aliphatic rings. The minimum atomic E-state index is -0.528. The van der Waals surface area contributed by atoms with Crippen LogP contribution in [0.3, 0.4) is 0 Å². The normalized spacial score (nSPS) is 15.9. The SMILES string of the molecule is CC(C)c1ccc(NC(=O)ON2CCC=C(C=NO)C2)cc1. The van der Waals surface area contributed by atoms with Crippen LogP contribution in [0.25, 0.3) is 0 Å². The van der Waals surface area contributed by atoms with E-state index < -0.39 is 6.09 Å². The molecule has 0 spiro atoms. The van der Waals surface area contributed by atoms with Crippen LogP contribution in [-0.2, 0) is 4.84 Å². The number of hydrogen-bond acceptors (Lipinski definition) is 5. The highest BCUT2D eigenvalue weighted by Crippen LogP contribution is 2.17. The van der Waals surface area contributed by atoms with Crippen molar-refractivity contribution < 1.29 is 14.8 Å². The number of nitrogens with zero attached hydrogens (tertiary/aromatic N) is 2. The Morgan fingerprint density at radius 2 is 2.14 bits per heavy atom. The Morgan fingerprint density at radius 3 is 2.77 bits per heavy atom. The molecule has 0 atom stereocenters. The summed E-state index contributed by atoms with van der Waals surface area (Å²) in [6.45, 7) is 5.26. The Kier molecular flexibility index (Phi) is 5.55. The van der Waals surface area contributed by atoms with Crippen LogP contribution < -0.4 is 5.32 Å². The Bertz CT molecular complexity index is 565. The topological polar surface area (TPSA) is 74.2 Å². The summed E-state index contributed by atoms with van der Waals surface area (Å²) in [5.41, 5.74) is 2.72. The lowest BCUT2D eigenvalue weighted by Gasteiger charge is -2.24. The second kappa shape index (κ2) is 7.61. The van der Waals surface area contributed by atoms with Gasteiger partial charge in [-0.05, 0) is 35.6 Å². The summed E-state index contributed by atoms with van der Waals surface area (Å²) in [5.74, 6) is 0.452. The van der Waals surface area contributed by atoms with Crippen molar-refractivity contribution >= 4 is 18.0 Å². The van der Waals surface area contributed by atoms with E-state index in [1.54, 1.807) is 0 Å². The summed E-state index contributed by atoms with van der Waals surface area (Å²) < 4.78 is 0. The van der Waals surface area contributed by atoms with Crippen LogP contribution in [0.15, 0.2) is 41.1 Å². The van der Waals surface area contributed by atoms with Crippen LogP contribution in [-0.4, -0.2) is 35.7 Å². The third kappa shape index (κ3) is 4.60. The van der Waals surface area contributed by atoms with Crippen LogP contribution in [0.2, 0.25) is 0 Å². The molecular weight excluding hydrogens is 282 g/mol. The third-order valence-corrected chi connectivity index (χ3v) is 3.40. The number of carbonyl (C=O) groups excluding carboxylic acids is 1. The zero-order valence-corrected chi connectivity index (χ0v) is 12.8. The number of oxime groups is 1. The lowest BCUT2D eigenvalue weighted by molar-refractivity contribution is -0.0872. The minimum absolute atomic E-state index is 0.407. The average Bonchev–Trinajstić information content (AvgIpc) is 2.48. The molecule has 0 radical (unpaired) electrons. The summed E-state index contributed by atoms with van der Waals surface area (Å²) in [4.78, 5) is 17.1. The molecule has 1 aromatic rings. The smallest absolute Gasteiger partial charge is 0.411 e. The fourth-order valence-corrected chi connectivity index (χ4v) is 2.20. The molecule has 1 aromatic carbocycles. The van der Waals surface area contributed by atoms with E-state index in [-0.39, 0.29) is 0 Å². The van der Waals surface area contributed by atoms with Crippen molar-refractivity contribution in [3.63, 3.8) is 0 Å². The van der Waals surface area contributed by atoms with Crippen LogP contribution in [0.4, 0.5) is 10.5 Å². The fourth-order valence-electron chi connectivity index (χ4n) is 2.20. The van der Waals surface area contributed by atoms with Crippen LogP contribution in [0.5, 0.6) is 0 Å². The highest BCUT2D eigenvalue weighted by atomic mass is 16.7. The number of anilines is 1. The lowest BCUT2D eigenvalue weighted by Crippen LogP contribution is -2.34.